The van der Waals surface area contributed by atoms with Crippen LogP contribution in [0.15, 0.2) is 53.6 Å². The van der Waals surface area contributed by atoms with E-state index in [0.717, 1.165) is 31.6 Å². The summed E-state index contributed by atoms with van der Waals surface area (Å²) in [5, 5.41) is 16.4. The van der Waals surface area contributed by atoms with Crippen LogP contribution in [0.5, 0.6) is 5.75 Å². The fourth-order valence-electron chi connectivity index (χ4n) is 2.97. The Morgan fingerprint density at radius 2 is 1.61 bits per heavy atom. The maximum absolute atomic E-state index is 12.3. The number of ether oxygens (including phenoxy) is 1. The zero-order valence-electron chi connectivity index (χ0n) is 17.6. The van der Waals surface area contributed by atoms with Crippen LogP contribution in [0.4, 0.5) is 11.4 Å². The molecule has 0 aliphatic rings. The highest BCUT2D eigenvalue weighted by molar-refractivity contribution is 5.40. The molecule has 2 rings (SSSR count). The lowest BCUT2D eigenvalue weighted by atomic mass is 9.99. The van der Waals surface area contributed by atoms with Crippen LogP contribution in [-0.4, -0.2) is 11.5 Å². The smallest absolute Gasteiger partial charge is 0.244 e. The molecule has 0 radical (unpaired) electrons. The van der Waals surface area contributed by atoms with E-state index in [1.54, 1.807) is 0 Å². The van der Waals surface area contributed by atoms with Crippen LogP contribution in [0.25, 0.3) is 0 Å². The summed E-state index contributed by atoms with van der Waals surface area (Å²) in [6.45, 7) is 7.39. The Morgan fingerprint density at radius 1 is 0.929 bits per heavy atom. The summed E-state index contributed by atoms with van der Waals surface area (Å²) in [6.07, 6.45) is 8.30. The molecule has 0 bridgehead atoms. The van der Waals surface area contributed by atoms with Gasteiger partial charge < -0.3 is 9.94 Å². The minimum atomic E-state index is 0.542. The molecule has 0 saturated carbocycles. The van der Waals surface area contributed by atoms with Crippen LogP contribution in [0.2, 0.25) is 0 Å². The fourth-order valence-corrected chi connectivity index (χ4v) is 2.97. The maximum Gasteiger partial charge on any atom is 0.244 e. The third-order valence-corrected chi connectivity index (χ3v) is 5.00. The molecule has 4 nitrogen and oxygen atoms in total. The lowest BCUT2D eigenvalue weighted by Crippen LogP contribution is -1.98. The summed E-state index contributed by atoms with van der Waals surface area (Å²) in [4.78, 5) is 0.677. The standard InChI is InChI=1S/C24H34N2O2/c1-4-6-7-8-9-18-28-24-16-12-22(13-17-24)25-26(27)23-14-10-21(11-15-23)19-20(3)5-2/h10-17,20H,4-9,18-19H2,1-3H3. The topological polar surface area (TPSA) is 47.7 Å². The average Bonchev–Trinajstić information content (AvgIpc) is 2.72. The molecule has 0 spiro atoms. The van der Waals surface area contributed by atoms with Gasteiger partial charge in [-0.3, -0.25) is 0 Å². The Balaban J connectivity index is 1.86. The van der Waals surface area contributed by atoms with Crippen LogP contribution in [-0.2, 0) is 6.42 Å². The summed E-state index contributed by atoms with van der Waals surface area (Å²) < 4.78 is 5.75. The summed E-state index contributed by atoms with van der Waals surface area (Å²) in [6, 6.07) is 15.1. The normalized spacial score (nSPS) is 12.8. The zero-order chi connectivity index (χ0) is 20.2. The third-order valence-electron chi connectivity index (χ3n) is 5.00. The van der Waals surface area contributed by atoms with Gasteiger partial charge in [-0.1, -0.05) is 69.9 Å². The molecule has 0 N–H and O–H groups in total. The fraction of sp³-hybridized carbons (Fsp3) is 0.500. The number of unbranched alkanes of at least 4 members (excludes halogenated alkanes) is 4. The molecule has 0 amide bonds. The molecule has 0 fully saturated rings. The molecule has 4 heteroatoms. The first kappa shape index (κ1) is 21.9. The molecule has 0 aliphatic carbocycles. The molecule has 2 aromatic carbocycles. The number of rotatable bonds is 12. The first-order valence-corrected chi connectivity index (χ1v) is 10.6. The molecular weight excluding hydrogens is 348 g/mol. The van der Waals surface area contributed by atoms with Crippen molar-refractivity contribution >= 4 is 11.4 Å². The van der Waals surface area contributed by atoms with Crippen molar-refractivity contribution in [1.82, 2.24) is 0 Å². The van der Waals surface area contributed by atoms with Gasteiger partial charge in [-0.25, -0.2) is 0 Å². The van der Waals surface area contributed by atoms with Crippen LogP contribution in [0, 0.1) is 11.1 Å². The van der Waals surface area contributed by atoms with E-state index in [1.165, 1.54) is 31.2 Å². The van der Waals surface area contributed by atoms with Crippen molar-refractivity contribution in [2.24, 2.45) is 11.0 Å². The van der Waals surface area contributed by atoms with Crippen molar-refractivity contribution in [2.45, 2.75) is 65.7 Å². The highest BCUT2D eigenvalue weighted by Crippen LogP contribution is 2.22. The molecular formula is C24H34N2O2. The van der Waals surface area contributed by atoms with Gasteiger partial charge in [0.2, 0.25) is 5.69 Å². The Hall–Kier alpha value is -2.36. The number of benzene rings is 2. The number of nitrogens with zero attached hydrogens (tertiary/aromatic N) is 2. The van der Waals surface area contributed by atoms with E-state index in [9.17, 15) is 5.21 Å². The van der Waals surface area contributed by atoms with Crippen molar-refractivity contribution in [3.63, 3.8) is 0 Å². The van der Waals surface area contributed by atoms with E-state index < -0.39 is 0 Å². The average molecular weight is 383 g/mol. The molecule has 0 aromatic heterocycles. The number of azo groups is 1. The largest absolute Gasteiger partial charge is 0.594 e. The SMILES string of the molecule is CCCCCCCOc1ccc(N=[N+]([O-])c2ccc(CC(C)CC)cc2)cc1. The predicted octanol–water partition coefficient (Wildman–Crippen LogP) is 7.55. The van der Waals surface area contributed by atoms with Crippen molar-refractivity contribution in [1.29, 1.82) is 0 Å². The lowest BCUT2D eigenvalue weighted by Gasteiger charge is -2.08. The van der Waals surface area contributed by atoms with Crippen LogP contribution in [0.3, 0.4) is 0 Å². The van der Waals surface area contributed by atoms with Gasteiger partial charge in [0, 0.05) is 17.2 Å². The van der Waals surface area contributed by atoms with Crippen LogP contribution in [0.1, 0.15) is 64.9 Å². The molecule has 28 heavy (non-hydrogen) atoms. The maximum atomic E-state index is 12.3. The molecule has 0 saturated heterocycles. The van der Waals surface area contributed by atoms with Crippen molar-refractivity contribution in [3.8, 4) is 5.75 Å². The molecule has 152 valence electrons. The summed E-state index contributed by atoms with van der Waals surface area (Å²) in [5.41, 5.74) is 2.41. The van der Waals surface area contributed by atoms with E-state index >= 15 is 0 Å². The molecule has 0 aliphatic heterocycles. The monoisotopic (exact) mass is 382 g/mol. The summed E-state index contributed by atoms with van der Waals surface area (Å²) in [5.74, 6) is 1.47. The van der Waals surface area contributed by atoms with E-state index in [-0.39, 0.29) is 0 Å². The first-order chi connectivity index (χ1) is 13.6. The van der Waals surface area contributed by atoms with Gasteiger partial charge in [0.25, 0.3) is 0 Å². The number of hydrogen-bond donors (Lipinski definition) is 0. The Labute approximate surface area is 169 Å². The highest BCUT2D eigenvalue weighted by Gasteiger charge is 2.06. The second kappa shape index (κ2) is 12.2. The molecule has 0 heterocycles. The van der Waals surface area contributed by atoms with Gasteiger partial charge in [0.15, 0.2) is 0 Å². The van der Waals surface area contributed by atoms with Crippen molar-refractivity contribution in [2.75, 3.05) is 6.61 Å². The second-order valence-electron chi connectivity index (χ2n) is 7.51. The minimum Gasteiger partial charge on any atom is -0.594 e. The third kappa shape index (κ3) is 7.71. The van der Waals surface area contributed by atoms with Gasteiger partial charge in [-0.05, 0) is 48.6 Å². The Bertz CT molecular complexity index is 708. The molecule has 1 unspecified atom stereocenters. The quantitative estimate of drug-likeness (QED) is 0.165. The van der Waals surface area contributed by atoms with Crippen molar-refractivity contribution < 1.29 is 9.60 Å². The van der Waals surface area contributed by atoms with E-state index in [1.807, 2.05) is 48.5 Å². The second-order valence-corrected chi connectivity index (χ2v) is 7.51. The van der Waals surface area contributed by atoms with Gasteiger partial charge in [0.05, 0.1) is 6.61 Å². The highest BCUT2D eigenvalue weighted by atomic mass is 16.5. The Kier molecular flexibility index (Phi) is 9.53. The number of hydrogen-bond acceptors (Lipinski definition) is 3. The summed E-state index contributed by atoms with van der Waals surface area (Å²) >= 11 is 0. The van der Waals surface area contributed by atoms with E-state index in [0.29, 0.717) is 22.2 Å². The zero-order valence-corrected chi connectivity index (χ0v) is 17.6. The van der Waals surface area contributed by atoms with Crippen LogP contribution < -0.4 is 4.74 Å². The van der Waals surface area contributed by atoms with Gasteiger partial charge in [-0.2, -0.15) is 0 Å². The van der Waals surface area contributed by atoms with Crippen molar-refractivity contribution in [3.05, 3.63) is 59.3 Å². The first-order valence-electron chi connectivity index (χ1n) is 10.6. The lowest BCUT2D eigenvalue weighted by molar-refractivity contribution is -0.435. The van der Waals surface area contributed by atoms with E-state index in [2.05, 4.69) is 25.9 Å². The summed E-state index contributed by atoms with van der Waals surface area (Å²) in [7, 11) is 0. The van der Waals surface area contributed by atoms with Gasteiger partial charge in [0.1, 0.15) is 11.4 Å². The molecule has 1 atom stereocenters. The Morgan fingerprint density at radius 3 is 2.25 bits per heavy atom. The minimum absolute atomic E-state index is 0.542. The van der Waals surface area contributed by atoms with Gasteiger partial charge >= 0.3 is 0 Å². The predicted molar refractivity (Wildman–Crippen MR) is 116 cm³/mol. The van der Waals surface area contributed by atoms with E-state index in [4.69, 9.17) is 4.74 Å². The molecule has 2 aromatic rings. The van der Waals surface area contributed by atoms with Gasteiger partial charge in [-0.15, -0.1) is 0 Å². The van der Waals surface area contributed by atoms with Crippen LogP contribution >= 0.6 is 0 Å².